The monoisotopic (exact) mass is 863 g/mol. The Bertz CT molecular complexity index is 3770. The zero-order chi connectivity index (χ0) is 43.0. The van der Waals surface area contributed by atoms with E-state index in [0.717, 1.165) is 17.1 Å². The minimum atomic E-state index is -0.493. The topological polar surface area (TPSA) is 3.24 Å². The lowest BCUT2D eigenvalue weighted by Crippen LogP contribution is -2.32. The molecule has 10 aromatic carbocycles. The van der Waals surface area contributed by atoms with Gasteiger partial charge in [0, 0.05) is 52.1 Å². The highest BCUT2D eigenvalue weighted by atomic mass is 32.2. The molecule has 1 spiro atoms. The highest BCUT2D eigenvalue weighted by molar-refractivity contribution is 7.99. The molecule has 0 saturated carbocycles. The van der Waals surface area contributed by atoms with Gasteiger partial charge in [0.1, 0.15) is 0 Å². The minimum absolute atomic E-state index is 0.162. The molecule has 2 aliphatic carbocycles. The molecule has 0 bridgehead atoms. The number of fused-ring (bicyclic) bond motifs is 16. The van der Waals surface area contributed by atoms with Crippen molar-refractivity contribution >= 4 is 71.1 Å². The van der Waals surface area contributed by atoms with Gasteiger partial charge in [-0.2, -0.15) is 0 Å². The summed E-state index contributed by atoms with van der Waals surface area (Å²) in [6, 6.07) is 80.4. The van der Waals surface area contributed by atoms with Crippen molar-refractivity contribution < 1.29 is 0 Å². The minimum Gasteiger partial charge on any atom is -0.310 e. The standard InChI is InChI=1S/C62H41NS2/c1-61(2)49-23-9-5-18-44(49)47-32-30-40(36-53(47)61)63(55-35-39(34-38-16-3-4-17-42(38)55)43-22-15-29-59-60(43)48-21-8-13-27-56(48)64-59)41-31-33-58-54(37-41)62(52-26-12-14-28-57(52)65-58)50-24-10-6-19-45(50)46-20-7-11-25-51(46)62/h3-37H,1-2H3. The van der Waals surface area contributed by atoms with Crippen LogP contribution in [-0.4, -0.2) is 0 Å². The number of hydrogen-bond acceptors (Lipinski definition) is 3. The van der Waals surface area contributed by atoms with Gasteiger partial charge in [-0.05, 0) is 133 Å². The molecule has 0 saturated heterocycles. The van der Waals surface area contributed by atoms with Crippen molar-refractivity contribution in [2.24, 2.45) is 0 Å². The quantitative estimate of drug-likeness (QED) is 0.173. The molecule has 0 fully saturated rings. The van der Waals surface area contributed by atoms with Gasteiger partial charge in [0.25, 0.3) is 0 Å². The normalized spacial score (nSPS) is 14.5. The third-order valence-corrected chi connectivity index (χ3v) is 17.0. The summed E-state index contributed by atoms with van der Waals surface area (Å²) in [6.07, 6.45) is 0. The second-order valence-corrected chi connectivity index (χ2v) is 20.5. The molecular formula is C62H41NS2. The van der Waals surface area contributed by atoms with E-state index in [1.165, 1.54) is 107 Å². The van der Waals surface area contributed by atoms with E-state index >= 15 is 0 Å². The Morgan fingerprint density at radius 2 is 0.938 bits per heavy atom. The zero-order valence-electron chi connectivity index (χ0n) is 36.0. The number of rotatable bonds is 4. The third kappa shape index (κ3) is 5.11. The summed E-state index contributed by atoms with van der Waals surface area (Å²) < 4.78 is 2.63. The molecule has 0 atom stereocenters. The van der Waals surface area contributed by atoms with Gasteiger partial charge in [-0.1, -0.05) is 177 Å². The van der Waals surface area contributed by atoms with Crippen molar-refractivity contribution in [3.8, 4) is 33.4 Å². The molecule has 11 aromatic rings. The Labute approximate surface area is 387 Å². The molecule has 0 amide bonds. The summed E-state index contributed by atoms with van der Waals surface area (Å²) in [5.74, 6) is 0. The third-order valence-electron chi connectivity index (χ3n) is 14.7. The fraction of sp³-hybridized carbons (Fsp3) is 0.0645. The van der Waals surface area contributed by atoms with E-state index in [1.54, 1.807) is 0 Å². The Morgan fingerprint density at radius 1 is 0.385 bits per heavy atom. The first-order valence-electron chi connectivity index (χ1n) is 22.6. The maximum atomic E-state index is 2.57. The van der Waals surface area contributed by atoms with Crippen molar-refractivity contribution in [3.05, 3.63) is 246 Å². The van der Waals surface area contributed by atoms with Crippen LogP contribution in [0.15, 0.2) is 222 Å². The molecule has 3 heteroatoms. The van der Waals surface area contributed by atoms with Crippen LogP contribution in [0, 0.1) is 0 Å². The molecule has 3 aliphatic rings. The molecule has 306 valence electrons. The van der Waals surface area contributed by atoms with Crippen LogP contribution in [0.2, 0.25) is 0 Å². The Kier molecular flexibility index (Phi) is 7.83. The van der Waals surface area contributed by atoms with Crippen LogP contribution in [0.4, 0.5) is 17.1 Å². The molecule has 1 nitrogen and oxygen atoms in total. The first-order valence-corrected chi connectivity index (χ1v) is 24.2. The predicted octanol–water partition coefficient (Wildman–Crippen LogP) is 17.5. The molecule has 0 unspecified atom stereocenters. The molecular weight excluding hydrogens is 823 g/mol. The predicted molar refractivity (Wildman–Crippen MR) is 276 cm³/mol. The van der Waals surface area contributed by atoms with Crippen LogP contribution >= 0.6 is 23.1 Å². The van der Waals surface area contributed by atoms with Crippen molar-refractivity contribution in [3.63, 3.8) is 0 Å². The lowest BCUT2D eigenvalue weighted by molar-refractivity contribution is 0.660. The lowest BCUT2D eigenvalue weighted by atomic mass is 9.67. The smallest absolute Gasteiger partial charge is 0.0736 e. The lowest BCUT2D eigenvalue weighted by Gasteiger charge is -2.40. The maximum Gasteiger partial charge on any atom is 0.0736 e. The summed E-state index contributed by atoms with van der Waals surface area (Å²) in [6.45, 7) is 4.78. The summed E-state index contributed by atoms with van der Waals surface area (Å²) in [5.41, 5.74) is 18.6. The highest BCUT2D eigenvalue weighted by Gasteiger charge is 2.50. The van der Waals surface area contributed by atoms with E-state index in [1.807, 2.05) is 23.1 Å². The second-order valence-electron chi connectivity index (χ2n) is 18.3. The Balaban J connectivity index is 1.07. The van der Waals surface area contributed by atoms with Gasteiger partial charge in [-0.15, -0.1) is 11.3 Å². The number of hydrogen-bond donors (Lipinski definition) is 0. The van der Waals surface area contributed by atoms with Crippen LogP contribution in [0.1, 0.15) is 47.2 Å². The fourth-order valence-corrected chi connectivity index (χ4v) is 14.2. The van der Waals surface area contributed by atoms with Crippen LogP contribution in [-0.2, 0) is 10.8 Å². The van der Waals surface area contributed by atoms with Crippen LogP contribution in [0.25, 0.3) is 64.3 Å². The number of nitrogens with zero attached hydrogens (tertiary/aromatic N) is 1. The first-order chi connectivity index (χ1) is 32.0. The summed E-state index contributed by atoms with van der Waals surface area (Å²) in [5, 5.41) is 5.06. The molecule has 0 radical (unpaired) electrons. The van der Waals surface area contributed by atoms with Gasteiger partial charge in [-0.25, -0.2) is 0 Å². The average molecular weight is 864 g/mol. The van der Waals surface area contributed by atoms with E-state index in [4.69, 9.17) is 0 Å². The molecule has 2 heterocycles. The van der Waals surface area contributed by atoms with Crippen molar-refractivity contribution in [1.82, 2.24) is 0 Å². The average Bonchev–Trinajstić information content (AvgIpc) is 3.96. The second kappa shape index (κ2) is 13.7. The first kappa shape index (κ1) is 37.2. The van der Waals surface area contributed by atoms with Gasteiger partial charge < -0.3 is 4.90 Å². The SMILES string of the molecule is CC1(C)c2ccccc2-c2ccc(N(c3ccc4c(c3)C3(c5ccccc5S4)c4ccccc4-c4ccccc43)c3cc(-c4cccc5sc6ccccc6c45)cc4ccccc34)cc21. The van der Waals surface area contributed by atoms with Crippen molar-refractivity contribution in [2.75, 3.05) is 4.90 Å². The number of anilines is 3. The zero-order valence-corrected chi connectivity index (χ0v) is 37.6. The van der Waals surface area contributed by atoms with Crippen LogP contribution < -0.4 is 4.90 Å². The number of benzene rings is 10. The summed E-state index contributed by atoms with van der Waals surface area (Å²) in [7, 11) is 0. The van der Waals surface area contributed by atoms with Crippen LogP contribution in [0.5, 0.6) is 0 Å². The van der Waals surface area contributed by atoms with Crippen LogP contribution in [0.3, 0.4) is 0 Å². The van der Waals surface area contributed by atoms with E-state index in [9.17, 15) is 0 Å². The van der Waals surface area contributed by atoms with E-state index < -0.39 is 5.41 Å². The van der Waals surface area contributed by atoms with Gasteiger partial charge in [0.15, 0.2) is 0 Å². The number of thiophene rings is 1. The van der Waals surface area contributed by atoms with Crippen molar-refractivity contribution in [1.29, 1.82) is 0 Å². The molecule has 0 N–H and O–H groups in total. The summed E-state index contributed by atoms with van der Waals surface area (Å²) >= 11 is 3.78. The van der Waals surface area contributed by atoms with E-state index in [0.29, 0.717) is 0 Å². The molecule has 14 rings (SSSR count). The van der Waals surface area contributed by atoms with Crippen molar-refractivity contribution in [2.45, 2.75) is 34.5 Å². The maximum absolute atomic E-state index is 2.57. The van der Waals surface area contributed by atoms with Gasteiger partial charge in [-0.3, -0.25) is 0 Å². The Morgan fingerprint density at radius 3 is 1.72 bits per heavy atom. The van der Waals surface area contributed by atoms with E-state index in [-0.39, 0.29) is 5.41 Å². The van der Waals surface area contributed by atoms with Gasteiger partial charge in [0.05, 0.1) is 11.1 Å². The molecule has 1 aromatic heterocycles. The van der Waals surface area contributed by atoms with Gasteiger partial charge >= 0.3 is 0 Å². The fourth-order valence-electron chi connectivity index (χ4n) is 11.9. The largest absolute Gasteiger partial charge is 0.310 e. The van der Waals surface area contributed by atoms with E-state index in [2.05, 4.69) is 231 Å². The summed E-state index contributed by atoms with van der Waals surface area (Å²) in [4.78, 5) is 5.17. The van der Waals surface area contributed by atoms with Gasteiger partial charge in [0.2, 0.25) is 0 Å². The molecule has 65 heavy (non-hydrogen) atoms. The Hall–Kier alpha value is -7.17. The highest BCUT2D eigenvalue weighted by Crippen LogP contribution is 2.63. The molecule has 1 aliphatic heterocycles.